The first-order chi connectivity index (χ1) is 11.5. The Bertz CT molecular complexity index is 823. The average Bonchev–Trinajstić information content (AvgIpc) is 2.56. The van der Waals surface area contributed by atoms with Crippen LogP contribution in [-0.2, 0) is 21.0 Å². The van der Waals surface area contributed by atoms with Crippen molar-refractivity contribution in [2.24, 2.45) is 5.73 Å². The largest absolute Gasteiger partial charge is 0.369 e. The minimum absolute atomic E-state index is 0.000297. The highest BCUT2D eigenvalue weighted by molar-refractivity contribution is 6.31. The third-order valence-corrected chi connectivity index (χ3v) is 3.91. The van der Waals surface area contributed by atoms with Gasteiger partial charge in [0.15, 0.2) is 0 Å². The molecule has 0 spiro atoms. The van der Waals surface area contributed by atoms with Crippen molar-refractivity contribution in [1.29, 1.82) is 0 Å². The van der Waals surface area contributed by atoms with Crippen LogP contribution in [0.15, 0.2) is 48.5 Å². The molecule has 6 nitrogen and oxygen atoms in total. The number of nitrogens with two attached hydrogens (primary N) is 1. The third kappa shape index (κ3) is 2.89. The minimum Gasteiger partial charge on any atom is -0.369 e. The number of amides is 3. The van der Waals surface area contributed by atoms with Crippen LogP contribution in [0.5, 0.6) is 0 Å². The maximum atomic E-state index is 12.5. The maximum absolute atomic E-state index is 12.5. The fourth-order valence-electron chi connectivity index (χ4n) is 2.54. The summed E-state index contributed by atoms with van der Waals surface area (Å²) in [6.45, 7) is -0.000297. The van der Waals surface area contributed by atoms with Crippen LogP contribution in [0.4, 0.5) is 0 Å². The maximum Gasteiger partial charge on any atom is 0.285 e. The molecule has 1 atom stereocenters. The molecular weight excluding hydrogens is 332 g/mol. The minimum atomic E-state index is -1.29. The summed E-state index contributed by atoms with van der Waals surface area (Å²) >= 11 is 5.91. The Balaban J connectivity index is 1.94. The fraction of sp³-hybridized carbons (Fsp3) is 0.118. The number of benzene rings is 2. The molecule has 0 saturated heterocycles. The second kappa shape index (κ2) is 6.43. The monoisotopic (exact) mass is 344 g/mol. The predicted molar refractivity (Wildman–Crippen MR) is 85.8 cm³/mol. The second-order valence-electron chi connectivity index (χ2n) is 5.26. The standard InChI is InChI=1S/C17H13ClN2O4/c18-11-6-7-12-13(8-11)16(22)20(17(23)14(12)15(19)21)24-9-10-4-2-1-3-5-10/h1-8,14H,9H2,(H2,19,21). The number of rotatable bonds is 4. The van der Waals surface area contributed by atoms with Crippen LogP contribution in [-0.4, -0.2) is 22.8 Å². The van der Waals surface area contributed by atoms with Gasteiger partial charge in [-0.05, 0) is 23.3 Å². The lowest BCUT2D eigenvalue weighted by Crippen LogP contribution is -2.48. The lowest BCUT2D eigenvalue weighted by molar-refractivity contribution is -0.177. The first-order valence-electron chi connectivity index (χ1n) is 7.13. The Kier molecular flexibility index (Phi) is 4.33. The number of fused-ring (bicyclic) bond motifs is 1. The Hall–Kier alpha value is -2.70. The van der Waals surface area contributed by atoms with Crippen LogP contribution in [0, 0.1) is 0 Å². The summed E-state index contributed by atoms with van der Waals surface area (Å²) in [5, 5.41) is 0.892. The van der Waals surface area contributed by atoms with Crippen LogP contribution in [0.25, 0.3) is 0 Å². The molecule has 2 N–H and O–H groups in total. The molecule has 3 rings (SSSR count). The first-order valence-corrected chi connectivity index (χ1v) is 7.50. The fourth-order valence-corrected chi connectivity index (χ4v) is 2.71. The molecule has 24 heavy (non-hydrogen) atoms. The number of halogens is 1. The van der Waals surface area contributed by atoms with Gasteiger partial charge in [0.2, 0.25) is 5.91 Å². The summed E-state index contributed by atoms with van der Waals surface area (Å²) in [6.07, 6.45) is 0. The van der Waals surface area contributed by atoms with Gasteiger partial charge in [0, 0.05) is 10.6 Å². The lowest BCUT2D eigenvalue weighted by Gasteiger charge is -2.30. The molecule has 0 radical (unpaired) electrons. The molecule has 7 heteroatoms. The van der Waals surface area contributed by atoms with E-state index in [-0.39, 0.29) is 17.7 Å². The highest BCUT2D eigenvalue weighted by Gasteiger charge is 2.43. The smallest absolute Gasteiger partial charge is 0.285 e. The van der Waals surface area contributed by atoms with Crippen LogP contribution in [0.3, 0.4) is 0 Å². The van der Waals surface area contributed by atoms with E-state index in [2.05, 4.69) is 0 Å². The summed E-state index contributed by atoms with van der Waals surface area (Å²) in [4.78, 5) is 42.1. The number of primary amides is 1. The van der Waals surface area contributed by atoms with Crippen molar-refractivity contribution >= 4 is 29.3 Å². The van der Waals surface area contributed by atoms with E-state index in [9.17, 15) is 14.4 Å². The van der Waals surface area contributed by atoms with Gasteiger partial charge in [0.05, 0.1) is 0 Å². The number of hydroxylamine groups is 2. The van der Waals surface area contributed by atoms with Crippen LogP contribution in [0.2, 0.25) is 5.02 Å². The van der Waals surface area contributed by atoms with E-state index in [4.69, 9.17) is 22.2 Å². The van der Waals surface area contributed by atoms with Gasteiger partial charge in [0.25, 0.3) is 11.8 Å². The summed E-state index contributed by atoms with van der Waals surface area (Å²) in [6, 6.07) is 13.4. The van der Waals surface area contributed by atoms with Crippen LogP contribution >= 0.6 is 11.6 Å². The highest BCUT2D eigenvalue weighted by atomic mass is 35.5. The van der Waals surface area contributed by atoms with Crippen molar-refractivity contribution in [3.05, 3.63) is 70.2 Å². The van der Waals surface area contributed by atoms with E-state index in [0.717, 1.165) is 5.56 Å². The number of hydrogen-bond donors (Lipinski definition) is 1. The third-order valence-electron chi connectivity index (χ3n) is 3.68. The van der Waals surface area contributed by atoms with Gasteiger partial charge in [-0.25, -0.2) is 0 Å². The van der Waals surface area contributed by atoms with Crippen molar-refractivity contribution in [3.8, 4) is 0 Å². The van der Waals surface area contributed by atoms with E-state index in [1.807, 2.05) is 6.07 Å². The molecular formula is C17H13ClN2O4. The van der Waals surface area contributed by atoms with E-state index < -0.39 is 23.6 Å². The summed E-state index contributed by atoms with van der Waals surface area (Å²) in [5.41, 5.74) is 6.47. The highest BCUT2D eigenvalue weighted by Crippen LogP contribution is 2.31. The number of carbonyl (C=O) groups excluding carboxylic acids is 3. The Labute approximate surface area is 142 Å². The predicted octanol–water partition coefficient (Wildman–Crippen LogP) is 2.02. The molecule has 0 saturated carbocycles. The SMILES string of the molecule is NC(=O)C1C(=O)N(OCc2ccccc2)C(=O)c2cc(Cl)ccc21. The van der Waals surface area contributed by atoms with Crippen LogP contribution in [0.1, 0.15) is 27.4 Å². The molecule has 1 heterocycles. The normalized spacial score (nSPS) is 16.9. The molecule has 122 valence electrons. The zero-order valence-corrected chi connectivity index (χ0v) is 13.2. The van der Waals surface area contributed by atoms with E-state index in [1.54, 1.807) is 24.3 Å². The first kappa shape index (κ1) is 16.2. The average molecular weight is 345 g/mol. The molecule has 3 amide bonds. The van der Waals surface area contributed by atoms with Gasteiger partial charge in [-0.15, -0.1) is 5.06 Å². The molecule has 1 unspecified atom stereocenters. The molecule has 1 aliphatic rings. The van der Waals surface area contributed by atoms with Gasteiger partial charge in [0.1, 0.15) is 12.5 Å². The van der Waals surface area contributed by atoms with E-state index in [1.165, 1.54) is 18.2 Å². The van der Waals surface area contributed by atoms with Crippen molar-refractivity contribution < 1.29 is 19.2 Å². The van der Waals surface area contributed by atoms with Gasteiger partial charge in [-0.1, -0.05) is 48.0 Å². The number of carbonyl (C=O) groups is 3. The van der Waals surface area contributed by atoms with Gasteiger partial charge < -0.3 is 5.73 Å². The molecule has 0 bridgehead atoms. The topological polar surface area (TPSA) is 89.7 Å². The van der Waals surface area contributed by atoms with E-state index >= 15 is 0 Å². The van der Waals surface area contributed by atoms with Crippen LogP contribution < -0.4 is 5.73 Å². The molecule has 0 aliphatic carbocycles. The number of imide groups is 1. The quantitative estimate of drug-likeness (QED) is 0.678. The zero-order valence-electron chi connectivity index (χ0n) is 12.4. The molecule has 1 aliphatic heterocycles. The summed E-state index contributed by atoms with van der Waals surface area (Å²) < 4.78 is 0. The van der Waals surface area contributed by atoms with Gasteiger partial charge in [-0.3, -0.25) is 19.2 Å². The molecule has 2 aromatic rings. The Morgan fingerprint density at radius 2 is 1.88 bits per heavy atom. The molecule has 0 fully saturated rings. The zero-order chi connectivity index (χ0) is 17.3. The molecule has 2 aromatic carbocycles. The Morgan fingerprint density at radius 3 is 2.54 bits per heavy atom. The summed E-state index contributed by atoms with van der Waals surface area (Å²) in [5.74, 6) is -3.63. The van der Waals surface area contributed by atoms with Crippen molar-refractivity contribution in [2.75, 3.05) is 0 Å². The van der Waals surface area contributed by atoms with Crippen molar-refractivity contribution in [2.45, 2.75) is 12.5 Å². The Morgan fingerprint density at radius 1 is 1.17 bits per heavy atom. The van der Waals surface area contributed by atoms with E-state index in [0.29, 0.717) is 10.1 Å². The summed E-state index contributed by atoms with van der Waals surface area (Å²) in [7, 11) is 0. The molecule has 0 aromatic heterocycles. The number of nitrogens with zero attached hydrogens (tertiary/aromatic N) is 1. The van der Waals surface area contributed by atoms with Crippen molar-refractivity contribution in [1.82, 2.24) is 5.06 Å². The van der Waals surface area contributed by atoms with Gasteiger partial charge >= 0.3 is 0 Å². The second-order valence-corrected chi connectivity index (χ2v) is 5.70. The van der Waals surface area contributed by atoms with Gasteiger partial charge in [-0.2, -0.15) is 0 Å². The lowest BCUT2D eigenvalue weighted by atomic mass is 9.89. The number of hydrogen-bond acceptors (Lipinski definition) is 4. The van der Waals surface area contributed by atoms with Crippen molar-refractivity contribution in [3.63, 3.8) is 0 Å².